The average Bonchev–Trinajstić information content (AvgIpc) is 2.38. The third-order valence-electron chi connectivity index (χ3n) is 2.92. The molecule has 0 saturated heterocycles. The van der Waals surface area contributed by atoms with Gasteiger partial charge in [-0.15, -0.1) is 0 Å². The summed E-state index contributed by atoms with van der Waals surface area (Å²) in [7, 11) is 0. The molecule has 1 unspecified atom stereocenters. The summed E-state index contributed by atoms with van der Waals surface area (Å²) in [6.45, 7) is 0. The molecule has 0 bridgehead atoms. The molecule has 0 aliphatic rings. The Labute approximate surface area is 138 Å². The first-order valence-electron chi connectivity index (χ1n) is 5.85. The van der Waals surface area contributed by atoms with E-state index in [-0.39, 0.29) is 11.9 Å². The fraction of sp³-hybridized carbons (Fsp3) is 0.143. The Kier molecular flexibility index (Phi) is 5.57. The molecule has 1 atom stereocenters. The van der Waals surface area contributed by atoms with Crippen LogP contribution in [0.2, 0.25) is 5.02 Å². The van der Waals surface area contributed by atoms with Gasteiger partial charge in [0.25, 0.3) is 0 Å². The zero-order chi connectivity index (χ0) is 14.7. The molecule has 2 aromatic rings. The predicted octanol–water partition coefficient (Wildman–Crippen LogP) is 4.75. The van der Waals surface area contributed by atoms with Gasteiger partial charge in [0, 0.05) is 14.0 Å². The van der Waals surface area contributed by atoms with Gasteiger partial charge in [0.05, 0.1) is 6.04 Å². The largest absolute Gasteiger partial charge is 0.271 e. The molecular weight excluding hydrogens is 410 g/mol. The number of nitrogens with one attached hydrogen (secondary N) is 1. The van der Waals surface area contributed by atoms with E-state index in [4.69, 9.17) is 17.4 Å². The normalized spacial score (nSPS) is 12.4. The molecule has 0 fully saturated rings. The summed E-state index contributed by atoms with van der Waals surface area (Å²) < 4.78 is 15.6. The maximum atomic E-state index is 13.8. The standard InChI is InChI=1S/C14H12Br2ClFN2/c15-10-3-9(4-11(16)7-10)14(20-19)6-8-5-12(17)1-2-13(8)18/h1-5,7,14,20H,6,19H2. The lowest BCUT2D eigenvalue weighted by Gasteiger charge is -2.18. The minimum Gasteiger partial charge on any atom is -0.271 e. The lowest BCUT2D eigenvalue weighted by Crippen LogP contribution is -2.29. The van der Waals surface area contributed by atoms with Gasteiger partial charge in [0.1, 0.15) is 5.82 Å². The van der Waals surface area contributed by atoms with E-state index in [0.717, 1.165) is 14.5 Å². The maximum absolute atomic E-state index is 13.8. The Morgan fingerprint density at radius 2 is 1.80 bits per heavy atom. The zero-order valence-corrected chi connectivity index (χ0v) is 14.3. The van der Waals surface area contributed by atoms with E-state index in [9.17, 15) is 4.39 Å². The molecule has 2 aromatic carbocycles. The highest BCUT2D eigenvalue weighted by Gasteiger charge is 2.14. The van der Waals surface area contributed by atoms with Crippen molar-refractivity contribution in [1.82, 2.24) is 5.43 Å². The lowest BCUT2D eigenvalue weighted by atomic mass is 9.99. The van der Waals surface area contributed by atoms with E-state index in [1.165, 1.54) is 12.1 Å². The third-order valence-corrected chi connectivity index (χ3v) is 4.07. The summed E-state index contributed by atoms with van der Waals surface area (Å²) in [5.41, 5.74) is 4.19. The fourth-order valence-corrected chi connectivity index (χ4v) is 3.49. The molecule has 0 aliphatic heterocycles. The van der Waals surface area contributed by atoms with Crippen molar-refractivity contribution in [1.29, 1.82) is 0 Å². The molecule has 6 heteroatoms. The quantitative estimate of drug-likeness (QED) is 0.551. The second-order valence-corrected chi connectivity index (χ2v) is 6.63. The molecule has 0 aromatic heterocycles. The maximum Gasteiger partial charge on any atom is 0.126 e. The fourth-order valence-electron chi connectivity index (χ4n) is 1.97. The van der Waals surface area contributed by atoms with Gasteiger partial charge < -0.3 is 0 Å². The van der Waals surface area contributed by atoms with Gasteiger partial charge in [0.15, 0.2) is 0 Å². The molecule has 2 rings (SSSR count). The van der Waals surface area contributed by atoms with Crippen LogP contribution in [-0.2, 0) is 6.42 Å². The van der Waals surface area contributed by atoms with Gasteiger partial charge in [-0.05, 0) is 53.9 Å². The number of hydrazine groups is 1. The number of halogens is 4. The summed E-state index contributed by atoms with van der Waals surface area (Å²) in [4.78, 5) is 0. The first kappa shape index (κ1) is 15.9. The number of hydrogen-bond acceptors (Lipinski definition) is 2. The lowest BCUT2D eigenvalue weighted by molar-refractivity contribution is 0.529. The topological polar surface area (TPSA) is 38.0 Å². The van der Waals surface area contributed by atoms with Crippen molar-refractivity contribution < 1.29 is 4.39 Å². The minimum atomic E-state index is -0.288. The third kappa shape index (κ3) is 4.02. The van der Waals surface area contributed by atoms with Crippen LogP contribution in [0.5, 0.6) is 0 Å². The molecule has 0 aliphatic carbocycles. The van der Waals surface area contributed by atoms with Crippen molar-refractivity contribution in [3.8, 4) is 0 Å². The highest BCUT2D eigenvalue weighted by Crippen LogP contribution is 2.27. The minimum absolute atomic E-state index is 0.211. The van der Waals surface area contributed by atoms with Gasteiger partial charge in [-0.2, -0.15) is 0 Å². The van der Waals surface area contributed by atoms with E-state index in [0.29, 0.717) is 17.0 Å². The van der Waals surface area contributed by atoms with Crippen LogP contribution >= 0.6 is 43.5 Å². The van der Waals surface area contributed by atoms with Crippen molar-refractivity contribution in [2.75, 3.05) is 0 Å². The Balaban J connectivity index is 2.30. The second-order valence-electron chi connectivity index (χ2n) is 4.36. The number of benzene rings is 2. The van der Waals surface area contributed by atoms with Crippen LogP contribution < -0.4 is 11.3 Å². The molecule has 0 radical (unpaired) electrons. The van der Waals surface area contributed by atoms with Gasteiger partial charge in [-0.3, -0.25) is 11.3 Å². The molecule has 2 nitrogen and oxygen atoms in total. The van der Waals surface area contributed by atoms with E-state index in [1.54, 1.807) is 6.07 Å². The highest BCUT2D eigenvalue weighted by molar-refractivity contribution is 9.11. The molecule has 20 heavy (non-hydrogen) atoms. The second kappa shape index (κ2) is 7.00. The van der Waals surface area contributed by atoms with Crippen LogP contribution in [0.4, 0.5) is 4.39 Å². The summed E-state index contributed by atoms with van der Waals surface area (Å²) in [6.07, 6.45) is 0.409. The van der Waals surface area contributed by atoms with Gasteiger partial charge in [0.2, 0.25) is 0 Å². The van der Waals surface area contributed by atoms with Crippen molar-refractivity contribution in [2.24, 2.45) is 5.84 Å². The summed E-state index contributed by atoms with van der Waals surface area (Å²) in [5.74, 6) is 5.32. The van der Waals surface area contributed by atoms with Crippen LogP contribution in [0.25, 0.3) is 0 Å². The highest BCUT2D eigenvalue weighted by atomic mass is 79.9. The number of rotatable bonds is 4. The van der Waals surface area contributed by atoms with Gasteiger partial charge >= 0.3 is 0 Å². The molecule has 0 amide bonds. The van der Waals surface area contributed by atoms with E-state index >= 15 is 0 Å². The van der Waals surface area contributed by atoms with Crippen molar-refractivity contribution >= 4 is 43.5 Å². The van der Waals surface area contributed by atoms with E-state index in [1.807, 2.05) is 18.2 Å². The molecular formula is C14H12Br2ClFN2. The van der Waals surface area contributed by atoms with Gasteiger partial charge in [-0.1, -0.05) is 43.5 Å². The van der Waals surface area contributed by atoms with Gasteiger partial charge in [-0.25, -0.2) is 4.39 Å². The van der Waals surface area contributed by atoms with Crippen molar-refractivity contribution in [3.63, 3.8) is 0 Å². The van der Waals surface area contributed by atoms with Crippen LogP contribution in [0, 0.1) is 5.82 Å². The molecule has 3 N–H and O–H groups in total. The van der Waals surface area contributed by atoms with E-state index in [2.05, 4.69) is 37.3 Å². The summed E-state index contributed by atoms with van der Waals surface area (Å²) in [5, 5.41) is 0.507. The van der Waals surface area contributed by atoms with Crippen LogP contribution in [0.1, 0.15) is 17.2 Å². The SMILES string of the molecule is NNC(Cc1cc(Cl)ccc1F)c1cc(Br)cc(Br)c1. The van der Waals surface area contributed by atoms with Crippen LogP contribution in [0.15, 0.2) is 45.3 Å². The first-order valence-corrected chi connectivity index (χ1v) is 7.82. The van der Waals surface area contributed by atoms with Crippen molar-refractivity contribution in [2.45, 2.75) is 12.5 Å². The summed E-state index contributed by atoms with van der Waals surface area (Å²) in [6, 6.07) is 10.1. The average molecular weight is 423 g/mol. The zero-order valence-electron chi connectivity index (χ0n) is 10.3. The molecule has 0 saturated carbocycles. The number of hydrogen-bond donors (Lipinski definition) is 2. The predicted molar refractivity (Wildman–Crippen MR) is 87.0 cm³/mol. The molecule has 106 valence electrons. The van der Waals surface area contributed by atoms with Crippen LogP contribution in [0.3, 0.4) is 0 Å². The van der Waals surface area contributed by atoms with Crippen molar-refractivity contribution in [3.05, 3.63) is 67.3 Å². The molecule has 0 spiro atoms. The Morgan fingerprint density at radius 3 is 2.40 bits per heavy atom. The first-order chi connectivity index (χ1) is 9.49. The Hall–Kier alpha value is -0.460. The smallest absolute Gasteiger partial charge is 0.126 e. The van der Waals surface area contributed by atoms with Crippen LogP contribution in [-0.4, -0.2) is 0 Å². The molecule has 0 heterocycles. The van der Waals surface area contributed by atoms with E-state index < -0.39 is 0 Å². The Bertz CT molecular complexity index is 602. The monoisotopic (exact) mass is 420 g/mol. The number of nitrogens with two attached hydrogens (primary N) is 1. The summed E-state index contributed by atoms with van der Waals surface area (Å²) >= 11 is 12.8. The Morgan fingerprint density at radius 1 is 1.15 bits per heavy atom.